The van der Waals surface area contributed by atoms with Crippen LogP contribution in [0, 0.1) is 0 Å². The molecule has 186 valence electrons. The van der Waals surface area contributed by atoms with Gasteiger partial charge in [-0.05, 0) is 71.9 Å². The van der Waals surface area contributed by atoms with E-state index in [0.717, 1.165) is 0 Å². The predicted molar refractivity (Wildman–Crippen MR) is 141 cm³/mol. The topological polar surface area (TPSA) is 121 Å². The Hall–Kier alpha value is -3.80. The van der Waals surface area contributed by atoms with Crippen molar-refractivity contribution < 1.29 is 27.4 Å². The second-order valence-electron chi connectivity index (χ2n) is 7.48. The number of hydrogen-bond donors (Lipinski definition) is 1. The van der Waals surface area contributed by atoms with Crippen LogP contribution in [0.25, 0.3) is 6.08 Å². The molecule has 9 nitrogen and oxygen atoms in total. The molecule has 0 aromatic heterocycles. The van der Waals surface area contributed by atoms with Crippen LogP contribution in [0.15, 0.2) is 81.5 Å². The van der Waals surface area contributed by atoms with Crippen LogP contribution in [0.2, 0.25) is 0 Å². The molecule has 1 amide bonds. The Bertz CT molecular complexity index is 1430. The van der Waals surface area contributed by atoms with Gasteiger partial charge in [0, 0.05) is 0 Å². The molecule has 0 saturated carbocycles. The van der Waals surface area contributed by atoms with Gasteiger partial charge in [0.15, 0.2) is 16.7 Å². The number of amides is 1. The molecule has 11 heteroatoms. The van der Waals surface area contributed by atoms with E-state index in [4.69, 9.17) is 19.3 Å². The van der Waals surface area contributed by atoms with Crippen LogP contribution in [-0.2, 0) is 14.8 Å². The molecule has 36 heavy (non-hydrogen) atoms. The number of methoxy groups -OCH3 is 3. The van der Waals surface area contributed by atoms with Gasteiger partial charge in [-0.2, -0.15) is 0 Å². The van der Waals surface area contributed by atoms with Crippen LogP contribution in [0.3, 0.4) is 0 Å². The summed E-state index contributed by atoms with van der Waals surface area (Å²) in [6, 6.07) is 18.4. The van der Waals surface area contributed by atoms with Gasteiger partial charge in [-0.1, -0.05) is 18.2 Å². The molecule has 0 radical (unpaired) electrons. The predicted octanol–water partition coefficient (Wildman–Crippen LogP) is 4.17. The van der Waals surface area contributed by atoms with E-state index in [0.29, 0.717) is 44.3 Å². The number of thioether (sulfide) groups is 1. The number of hydrogen-bond acceptors (Lipinski definition) is 8. The summed E-state index contributed by atoms with van der Waals surface area (Å²) >= 11 is 1.19. The number of sulfonamides is 1. The van der Waals surface area contributed by atoms with Crippen molar-refractivity contribution >= 4 is 50.3 Å². The molecular weight excluding hydrogens is 502 g/mol. The fraction of sp³-hybridized carbons (Fsp3) is 0.120. The fourth-order valence-corrected chi connectivity index (χ4v) is 5.03. The molecule has 0 spiro atoms. The highest BCUT2D eigenvalue weighted by Gasteiger charge is 2.35. The molecule has 1 saturated heterocycles. The zero-order valence-corrected chi connectivity index (χ0v) is 21.3. The number of rotatable bonds is 7. The molecule has 0 aliphatic carbocycles. The minimum absolute atomic E-state index is 0.0236. The highest BCUT2D eigenvalue weighted by Crippen LogP contribution is 2.41. The van der Waals surface area contributed by atoms with Crippen molar-refractivity contribution in [3.63, 3.8) is 0 Å². The number of ether oxygens (including phenoxy) is 3. The maximum absolute atomic E-state index is 13.5. The summed E-state index contributed by atoms with van der Waals surface area (Å²) in [7, 11) is 0.734. The molecule has 1 aliphatic heterocycles. The van der Waals surface area contributed by atoms with Crippen molar-refractivity contribution in [3.05, 3.63) is 77.2 Å². The van der Waals surface area contributed by atoms with Gasteiger partial charge < -0.3 is 14.2 Å². The van der Waals surface area contributed by atoms with Crippen LogP contribution >= 0.6 is 11.8 Å². The standard InChI is InChI=1S/C25H23N3O6S2/c1-32-20-13-16(14-21(33-2)23(20)34-3)15-22-24(29)28(18-7-5-4-6-8-18)25(35-22)27-17-9-11-19(12-10-17)36(26,30)31/h4-15H,1-3H3,(H2,26,30,31)/b22-15?,27-25-. The molecule has 3 aromatic carbocycles. The molecule has 2 N–H and O–H groups in total. The summed E-state index contributed by atoms with van der Waals surface area (Å²) in [5, 5.41) is 5.59. The molecule has 0 unspecified atom stereocenters. The Kier molecular flexibility index (Phi) is 7.34. The first-order valence-corrected chi connectivity index (χ1v) is 12.9. The van der Waals surface area contributed by atoms with Gasteiger partial charge in [0.1, 0.15) is 0 Å². The molecule has 1 fully saturated rings. The molecule has 1 heterocycles. The lowest BCUT2D eigenvalue weighted by atomic mass is 10.1. The highest BCUT2D eigenvalue weighted by molar-refractivity contribution is 8.19. The lowest BCUT2D eigenvalue weighted by molar-refractivity contribution is -0.113. The Balaban J connectivity index is 1.78. The van der Waals surface area contributed by atoms with E-state index in [2.05, 4.69) is 4.99 Å². The fourth-order valence-electron chi connectivity index (χ4n) is 3.51. The van der Waals surface area contributed by atoms with Crippen LogP contribution in [0.1, 0.15) is 5.56 Å². The maximum atomic E-state index is 13.5. The van der Waals surface area contributed by atoms with Gasteiger partial charge in [-0.15, -0.1) is 0 Å². The van der Waals surface area contributed by atoms with Crippen molar-refractivity contribution in [2.24, 2.45) is 10.1 Å². The van der Waals surface area contributed by atoms with Crippen molar-refractivity contribution in [1.29, 1.82) is 0 Å². The van der Waals surface area contributed by atoms with E-state index in [1.54, 1.807) is 30.3 Å². The molecule has 1 aliphatic rings. The molecule has 0 bridgehead atoms. The van der Waals surface area contributed by atoms with Gasteiger partial charge in [-0.3, -0.25) is 9.69 Å². The molecule has 3 aromatic rings. The summed E-state index contributed by atoms with van der Waals surface area (Å²) in [6.07, 6.45) is 1.72. The lowest BCUT2D eigenvalue weighted by Crippen LogP contribution is -2.28. The normalized spacial score (nSPS) is 16.0. The van der Waals surface area contributed by atoms with Crippen molar-refractivity contribution in [1.82, 2.24) is 0 Å². The first kappa shape index (κ1) is 25.3. The number of benzene rings is 3. The minimum Gasteiger partial charge on any atom is -0.493 e. The Morgan fingerprint density at radius 2 is 1.53 bits per heavy atom. The lowest BCUT2D eigenvalue weighted by Gasteiger charge is -2.15. The first-order chi connectivity index (χ1) is 17.2. The number of nitrogens with zero attached hydrogens (tertiary/aromatic N) is 2. The average molecular weight is 526 g/mol. The van der Waals surface area contributed by atoms with Gasteiger partial charge >= 0.3 is 0 Å². The number of para-hydroxylation sites is 1. The number of carbonyl (C=O) groups excluding carboxylic acids is 1. The first-order valence-electron chi connectivity index (χ1n) is 10.6. The van der Waals surface area contributed by atoms with E-state index in [1.807, 2.05) is 18.2 Å². The summed E-state index contributed by atoms with van der Waals surface area (Å²) in [6.45, 7) is 0. The summed E-state index contributed by atoms with van der Waals surface area (Å²) in [5.74, 6) is 1.11. The van der Waals surface area contributed by atoms with Crippen molar-refractivity contribution in [2.75, 3.05) is 26.2 Å². The van der Waals surface area contributed by atoms with E-state index in [1.165, 1.54) is 62.3 Å². The van der Waals surface area contributed by atoms with Gasteiger partial charge in [0.05, 0.1) is 42.5 Å². The molecular formula is C25H23N3O6S2. The quantitative estimate of drug-likeness (QED) is 0.460. The van der Waals surface area contributed by atoms with Gasteiger partial charge in [0.25, 0.3) is 5.91 Å². The summed E-state index contributed by atoms with van der Waals surface area (Å²) in [5.41, 5.74) is 1.78. The Morgan fingerprint density at radius 3 is 2.06 bits per heavy atom. The minimum atomic E-state index is -3.83. The van der Waals surface area contributed by atoms with Crippen molar-refractivity contribution in [2.45, 2.75) is 4.90 Å². The van der Waals surface area contributed by atoms with Crippen molar-refractivity contribution in [3.8, 4) is 17.2 Å². The Morgan fingerprint density at radius 1 is 0.917 bits per heavy atom. The van der Waals surface area contributed by atoms with Crippen LogP contribution in [0.4, 0.5) is 11.4 Å². The van der Waals surface area contributed by atoms with Gasteiger partial charge in [0.2, 0.25) is 15.8 Å². The van der Waals surface area contributed by atoms with Gasteiger partial charge in [-0.25, -0.2) is 18.5 Å². The summed E-state index contributed by atoms with van der Waals surface area (Å²) in [4.78, 5) is 20.0. The SMILES string of the molecule is COc1cc(C=C2S/C(=N\c3ccc(S(N)(=O)=O)cc3)N(c3ccccc3)C2=O)cc(OC)c1OC. The zero-order valence-electron chi connectivity index (χ0n) is 19.7. The number of aliphatic imine (C=N–C) groups is 1. The number of carbonyl (C=O) groups is 1. The number of primary sulfonamides is 1. The second-order valence-corrected chi connectivity index (χ2v) is 10.0. The maximum Gasteiger partial charge on any atom is 0.271 e. The Labute approximate surface area is 213 Å². The third kappa shape index (κ3) is 5.23. The number of anilines is 1. The van der Waals surface area contributed by atoms with E-state index in [9.17, 15) is 13.2 Å². The van der Waals surface area contributed by atoms with E-state index < -0.39 is 10.0 Å². The van der Waals surface area contributed by atoms with Crippen LogP contribution in [-0.4, -0.2) is 40.8 Å². The van der Waals surface area contributed by atoms with E-state index in [-0.39, 0.29) is 10.8 Å². The third-order valence-corrected chi connectivity index (χ3v) is 7.09. The zero-order chi connectivity index (χ0) is 25.9. The summed E-state index contributed by atoms with van der Waals surface area (Å²) < 4.78 is 39.4. The molecule has 0 atom stereocenters. The largest absolute Gasteiger partial charge is 0.493 e. The third-order valence-electron chi connectivity index (χ3n) is 5.20. The number of amidine groups is 1. The van der Waals surface area contributed by atoms with Crippen LogP contribution < -0.4 is 24.2 Å². The second kappa shape index (κ2) is 10.4. The van der Waals surface area contributed by atoms with Crippen LogP contribution in [0.5, 0.6) is 17.2 Å². The smallest absolute Gasteiger partial charge is 0.271 e. The average Bonchev–Trinajstić information content (AvgIpc) is 3.17. The van der Waals surface area contributed by atoms with E-state index >= 15 is 0 Å². The monoisotopic (exact) mass is 525 g/mol. The number of nitrogens with two attached hydrogens (primary N) is 1. The highest BCUT2D eigenvalue weighted by atomic mass is 32.2. The molecule has 4 rings (SSSR count).